The number of rotatable bonds is 3. The van der Waals surface area contributed by atoms with Gasteiger partial charge in [0.25, 0.3) is 0 Å². The SMILES string of the molecule is C/C=C\N=Cc1c(C)ccn1-c1cc2ccccc2cn1. The smallest absolute Gasteiger partial charge is 0.137 e. The molecule has 0 unspecified atom stereocenters. The van der Waals surface area contributed by atoms with Crippen LogP contribution in [0.1, 0.15) is 18.2 Å². The molecule has 0 saturated heterocycles. The van der Waals surface area contributed by atoms with Gasteiger partial charge in [0, 0.05) is 24.0 Å². The van der Waals surface area contributed by atoms with E-state index < -0.39 is 0 Å². The summed E-state index contributed by atoms with van der Waals surface area (Å²) in [6, 6.07) is 12.4. The predicted molar refractivity (Wildman–Crippen MR) is 88.2 cm³/mol. The molecule has 0 amide bonds. The second-order valence-electron chi connectivity index (χ2n) is 4.90. The highest BCUT2D eigenvalue weighted by Gasteiger charge is 2.07. The van der Waals surface area contributed by atoms with Crippen molar-refractivity contribution in [2.24, 2.45) is 4.99 Å². The van der Waals surface area contributed by atoms with Gasteiger partial charge in [-0.3, -0.25) is 9.56 Å². The van der Waals surface area contributed by atoms with Crippen LogP contribution in [0.2, 0.25) is 0 Å². The summed E-state index contributed by atoms with van der Waals surface area (Å²) >= 11 is 0. The highest BCUT2D eigenvalue weighted by atomic mass is 15.1. The number of benzene rings is 1. The first kappa shape index (κ1) is 13.3. The van der Waals surface area contributed by atoms with Crippen LogP contribution >= 0.6 is 0 Å². The van der Waals surface area contributed by atoms with E-state index >= 15 is 0 Å². The van der Waals surface area contributed by atoms with Crippen molar-refractivity contribution in [2.45, 2.75) is 13.8 Å². The molecule has 0 radical (unpaired) electrons. The fourth-order valence-electron chi connectivity index (χ4n) is 2.31. The number of hydrogen-bond donors (Lipinski definition) is 0. The Labute approximate surface area is 124 Å². The summed E-state index contributed by atoms with van der Waals surface area (Å²) in [6.07, 6.45) is 9.50. The third-order valence-corrected chi connectivity index (χ3v) is 3.43. The molecule has 0 saturated carbocycles. The lowest BCUT2D eigenvalue weighted by Gasteiger charge is -2.07. The number of aryl methyl sites for hydroxylation is 1. The van der Waals surface area contributed by atoms with Crippen molar-refractivity contribution in [2.75, 3.05) is 0 Å². The van der Waals surface area contributed by atoms with Crippen molar-refractivity contribution < 1.29 is 0 Å². The van der Waals surface area contributed by atoms with Crippen LogP contribution in [-0.2, 0) is 0 Å². The zero-order chi connectivity index (χ0) is 14.7. The van der Waals surface area contributed by atoms with E-state index in [1.807, 2.05) is 43.7 Å². The van der Waals surface area contributed by atoms with Crippen molar-refractivity contribution in [1.82, 2.24) is 9.55 Å². The molecule has 0 aliphatic heterocycles. The number of fused-ring (bicyclic) bond motifs is 1. The van der Waals surface area contributed by atoms with Crippen LogP contribution in [0.5, 0.6) is 0 Å². The van der Waals surface area contributed by atoms with Crippen LogP contribution in [0.15, 0.2) is 66.1 Å². The summed E-state index contributed by atoms with van der Waals surface area (Å²) in [5.41, 5.74) is 2.23. The topological polar surface area (TPSA) is 30.2 Å². The van der Waals surface area contributed by atoms with Gasteiger partial charge >= 0.3 is 0 Å². The van der Waals surface area contributed by atoms with Crippen LogP contribution in [0.4, 0.5) is 0 Å². The molecule has 3 aromatic rings. The Bertz CT molecular complexity index is 825. The van der Waals surface area contributed by atoms with Crippen LogP contribution < -0.4 is 0 Å². The zero-order valence-electron chi connectivity index (χ0n) is 12.2. The molecule has 0 atom stereocenters. The molecule has 0 bridgehead atoms. The summed E-state index contributed by atoms with van der Waals surface area (Å²) < 4.78 is 2.06. The molecule has 21 heavy (non-hydrogen) atoms. The maximum Gasteiger partial charge on any atom is 0.137 e. The number of allylic oxidation sites excluding steroid dienone is 1. The van der Waals surface area contributed by atoms with Crippen molar-refractivity contribution in [3.05, 3.63) is 72.3 Å². The van der Waals surface area contributed by atoms with Gasteiger partial charge in [-0.25, -0.2) is 4.98 Å². The Balaban J connectivity index is 2.10. The molecule has 0 spiro atoms. The molecule has 2 heterocycles. The fourth-order valence-corrected chi connectivity index (χ4v) is 2.31. The summed E-state index contributed by atoms with van der Waals surface area (Å²) in [5, 5.41) is 2.33. The highest BCUT2D eigenvalue weighted by molar-refractivity contribution is 5.84. The molecule has 0 aliphatic carbocycles. The Morgan fingerprint density at radius 1 is 1.14 bits per heavy atom. The summed E-state index contributed by atoms with van der Waals surface area (Å²) in [6.45, 7) is 4.03. The van der Waals surface area contributed by atoms with Gasteiger partial charge in [0.05, 0.1) is 11.9 Å². The molecule has 1 aromatic carbocycles. The van der Waals surface area contributed by atoms with Crippen molar-refractivity contribution in [3.8, 4) is 5.82 Å². The Kier molecular flexibility index (Phi) is 3.65. The van der Waals surface area contributed by atoms with E-state index in [0.717, 1.165) is 16.9 Å². The molecule has 2 aromatic heterocycles. The van der Waals surface area contributed by atoms with Crippen LogP contribution in [0.25, 0.3) is 16.6 Å². The van der Waals surface area contributed by atoms with Gasteiger partial charge in [-0.1, -0.05) is 30.3 Å². The molecule has 3 heteroatoms. The standard InChI is InChI=1S/C18H17N3/c1-3-9-19-13-17-14(2)8-10-21(17)18-11-15-6-4-5-7-16(15)12-20-18/h3-13H,1-2H3/b9-3-,19-13?. The fraction of sp³-hybridized carbons (Fsp3) is 0.111. The monoisotopic (exact) mass is 275 g/mol. The van der Waals surface area contributed by atoms with Crippen molar-refractivity contribution in [1.29, 1.82) is 0 Å². The minimum atomic E-state index is 0.906. The average molecular weight is 275 g/mol. The van der Waals surface area contributed by atoms with E-state index in [-0.39, 0.29) is 0 Å². The minimum Gasteiger partial charge on any atom is -0.300 e. The van der Waals surface area contributed by atoms with Gasteiger partial charge in [0.1, 0.15) is 5.82 Å². The van der Waals surface area contributed by atoms with E-state index in [4.69, 9.17) is 0 Å². The first-order valence-corrected chi connectivity index (χ1v) is 6.97. The van der Waals surface area contributed by atoms with Crippen LogP contribution in [0, 0.1) is 6.92 Å². The van der Waals surface area contributed by atoms with E-state index in [9.17, 15) is 0 Å². The molecule has 104 valence electrons. The number of pyridine rings is 1. The van der Waals surface area contributed by atoms with E-state index in [1.165, 1.54) is 10.9 Å². The van der Waals surface area contributed by atoms with Crippen LogP contribution in [0.3, 0.4) is 0 Å². The lowest BCUT2D eigenvalue weighted by molar-refractivity contribution is 1.00. The largest absolute Gasteiger partial charge is 0.300 e. The number of aliphatic imine (C=N–C) groups is 1. The van der Waals surface area contributed by atoms with E-state index in [1.54, 1.807) is 6.20 Å². The van der Waals surface area contributed by atoms with Crippen LogP contribution in [-0.4, -0.2) is 15.8 Å². The lowest BCUT2D eigenvalue weighted by atomic mass is 10.2. The Morgan fingerprint density at radius 2 is 1.95 bits per heavy atom. The van der Waals surface area contributed by atoms with E-state index in [2.05, 4.69) is 45.7 Å². The predicted octanol–water partition coefficient (Wildman–Crippen LogP) is 4.29. The highest BCUT2D eigenvalue weighted by Crippen LogP contribution is 2.18. The van der Waals surface area contributed by atoms with Gasteiger partial charge in [-0.15, -0.1) is 0 Å². The number of nitrogens with zero attached hydrogens (tertiary/aromatic N) is 3. The second kappa shape index (κ2) is 5.75. The number of hydrogen-bond acceptors (Lipinski definition) is 2. The molecular weight excluding hydrogens is 258 g/mol. The van der Waals surface area contributed by atoms with E-state index in [0.29, 0.717) is 0 Å². The quantitative estimate of drug-likeness (QED) is 0.656. The third kappa shape index (κ3) is 2.63. The van der Waals surface area contributed by atoms with Gasteiger partial charge in [0.2, 0.25) is 0 Å². The Morgan fingerprint density at radius 3 is 2.76 bits per heavy atom. The third-order valence-electron chi connectivity index (χ3n) is 3.43. The lowest BCUT2D eigenvalue weighted by Crippen LogP contribution is -2.01. The maximum absolute atomic E-state index is 4.56. The zero-order valence-corrected chi connectivity index (χ0v) is 12.2. The normalized spacial score (nSPS) is 11.9. The first-order chi connectivity index (χ1) is 10.3. The average Bonchev–Trinajstić information content (AvgIpc) is 2.88. The van der Waals surface area contributed by atoms with Gasteiger partial charge in [0.15, 0.2) is 0 Å². The molecule has 3 nitrogen and oxygen atoms in total. The van der Waals surface area contributed by atoms with Crippen molar-refractivity contribution in [3.63, 3.8) is 0 Å². The summed E-state index contributed by atoms with van der Waals surface area (Å²) in [7, 11) is 0. The molecule has 0 N–H and O–H groups in total. The van der Waals surface area contributed by atoms with Gasteiger partial charge < -0.3 is 0 Å². The molecule has 3 rings (SSSR count). The summed E-state index contributed by atoms with van der Waals surface area (Å²) in [5.74, 6) is 0.906. The second-order valence-corrected chi connectivity index (χ2v) is 4.90. The summed E-state index contributed by atoms with van der Waals surface area (Å²) in [4.78, 5) is 8.85. The van der Waals surface area contributed by atoms with Gasteiger partial charge in [-0.05, 0) is 36.9 Å². The molecule has 0 fully saturated rings. The minimum absolute atomic E-state index is 0.906. The maximum atomic E-state index is 4.56. The number of aromatic nitrogens is 2. The molecular formula is C18H17N3. The van der Waals surface area contributed by atoms with Gasteiger partial charge in [-0.2, -0.15) is 0 Å². The Hall–Kier alpha value is -2.68. The molecule has 0 aliphatic rings. The van der Waals surface area contributed by atoms with Crippen molar-refractivity contribution >= 4 is 17.0 Å². The first-order valence-electron chi connectivity index (χ1n) is 6.97.